The third-order valence-corrected chi connectivity index (χ3v) is 3.56. The largest absolute Gasteiger partial charge is 0.488 e. The summed E-state index contributed by atoms with van der Waals surface area (Å²) in [5, 5.41) is 0.462. The van der Waals surface area contributed by atoms with Gasteiger partial charge in [-0.1, -0.05) is 11.6 Å². The Kier molecular flexibility index (Phi) is 3.36. The molecule has 0 saturated carbocycles. The molecule has 0 aliphatic carbocycles. The molecule has 0 aromatic heterocycles. The van der Waals surface area contributed by atoms with Crippen molar-refractivity contribution in [3.63, 3.8) is 0 Å². The highest BCUT2D eigenvalue weighted by Gasteiger charge is 2.26. The number of rotatable bonds is 2. The lowest BCUT2D eigenvalue weighted by Gasteiger charge is -2.12. The van der Waals surface area contributed by atoms with E-state index in [0.717, 1.165) is 23.8 Å². The summed E-state index contributed by atoms with van der Waals surface area (Å²) >= 11 is 6.06. The van der Waals surface area contributed by atoms with Gasteiger partial charge in [-0.05, 0) is 35.9 Å². The van der Waals surface area contributed by atoms with Gasteiger partial charge in [0.1, 0.15) is 23.5 Å². The van der Waals surface area contributed by atoms with Gasteiger partial charge in [0.2, 0.25) is 0 Å². The second-order valence-corrected chi connectivity index (χ2v) is 5.18. The monoisotopic (exact) mass is 295 g/mol. The van der Waals surface area contributed by atoms with Crippen molar-refractivity contribution in [3.05, 3.63) is 52.6 Å². The third-order valence-electron chi connectivity index (χ3n) is 3.34. The molecular weight excluding hydrogens is 284 g/mol. The molecule has 1 aliphatic rings. The lowest BCUT2D eigenvalue weighted by molar-refractivity contribution is 0.242. The summed E-state index contributed by atoms with van der Waals surface area (Å²) < 4.78 is 33.0. The highest BCUT2D eigenvalue weighted by molar-refractivity contribution is 6.31. The minimum atomic E-state index is -0.518. The molecule has 3 rings (SSSR count). The van der Waals surface area contributed by atoms with E-state index in [9.17, 15) is 8.78 Å². The van der Waals surface area contributed by atoms with Crippen LogP contribution in [0.25, 0.3) is 11.1 Å². The molecule has 2 nitrogen and oxygen atoms in total. The minimum Gasteiger partial charge on any atom is -0.488 e. The summed E-state index contributed by atoms with van der Waals surface area (Å²) in [6.45, 7) is 0.359. The van der Waals surface area contributed by atoms with Crippen LogP contribution in [0.2, 0.25) is 5.02 Å². The molecule has 20 heavy (non-hydrogen) atoms. The molecule has 2 aromatic carbocycles. The molecule has 0 fully saturated rings. The fourth-order valence-electron chi connectivity index (χ4n) is 2.43. The molecule has 0 unspecified atom stereocenters. The van der Waals surface area contributed by atoms with Crippen molar-refractivity contribution in [2.75, 3.05) is 6.54 Å². The van der Waals surface area contributed by atoms with Crippen molar-refractivity contribution in [2.24, 2.45) is 5.73 Å². The smallest absolute Gasteiger partial charge is 0.131 e. The highest BCUT2D eigenvalue weighted by Crippen LogP contribution is 2.41. The van der Waals surface area contributed by atoms with Gasteiger partial charge in [0.15, 0.2) is 0 Å². The van der Waals surface area contributed by atoms with E-state index in [1.54, 1.807) is 12.1 Å². The Hall–Kier alpha value is -1.65. The molecule has 104 valence electrons. The Balaban J connectivity index is 2.18. The second-order valence-electron chi connectivity index (χ2n) is 4.75. The number of hydrogen-bond acceptors (Lipinski definition) is 2. The maximum Gasteiger partial charge on any atom is 0.131 e. The zero-order chi connectivity index (χ0) is 14.3. The van der Waals surface area contributed by atoms with E-state index in [-0.39, 0.29) is 11.7 Å². The molecule has 2 N–H and O–H groups in total. The average Bonchev–Trinajstić information content (AvgIpc) is 2.83. The molecule has 0 bridgehead atoms. The van der Waals surface area contributed by atoms with Crippen LogP contribution in [0, 0.1) is 11.6 Å². The lowest BCUT2D eigenvalue weighted by Crippen LogP contribution is -2.24. The molecule has 1 heterocycles. The van der Waals surface area contributed by atoms with E-state index >= 15 is 0 Å². The summed E-state index contributed by atoms with van der Waals surface area (Å²) in [4.78, 5) is 0. The first-order chi connectivity index (χ1) is 9.58. The van der Waals surface area contributed by atoms with Gasteiger partial charge in [-0.2, -0.15) is 0 Å². The molecular formula is C15H12ClF2NO. The van der Waals surface area contributed by atoms with Crippen LogP contribution < -0.4 is 10.5 Å². The number of fused-ring (bicyclic) bond motifs is 1. The van der Waals surface area contributed by atoms with Gasteiger partial charge in [0.25, 0.3) is 0 Å². The number of ether oxygens (including phenoxy) is 1. The summed E-state index contributed by atoms with van der Waals surface area (Å²) in [6.07, 6.45) is 0.468. The maximum absolute atomic E-state index is 13.9. The number of nitrogens with two attached hydrogens (primary N) is 1. The SMILES string of the molecule is NC[C@@H]1Cc2cc(Cl)cc(-c3cc(F)ccc3F)c2O1. The van der Waals surface area contributed by atoms with E-state index in [1.807, 2.05) is 0 Å². The zero-order valence-electron chi connectivity index (χ0n) is 10.5. The summed E-state index contributed by atoms with van der Waals surface area (Å²) in [5.74, 6) is -0.492. The average molecular weight is 296 g/mol. The standard InChI is InChI=1S/C15H12ClF2NO/c16-9-3-8-4-11(7-19)20-15(8)13(5-9)12-6-10(17)1-2-14(12)18/h1-3,5-6,11H,4,7,19H2/t11-/m0/s1. The van der Waals surface area contributed by atoms with Crippen molar-refractivity contribution in [1.82, 2.24) is 0 Å². The fourth-order valence-corrected chi connectivity index (χ4v) is 2.67. The van der Waals surface area contributed by atoms with Gasteiger partial charge in [-0.3, -0.25) is 0 Å². The van der Waals surface area contributed by atoms with Crippen molar-refractivity contribution >= 4 is 11.6 Å². The van der Waals surface area contributed by atoms with E-state index in [0.29, 0.717) is 29.3 Å². The third kappa shape index (κ3) is 2.25. The Labute approximate surface area is 120 Å². The van der Waals surface area contributed by atoms with Gasteiger partial charge < -0.3 is 10.5 Å². The molecule has 1 aliphatic heterocycles. The molecule has 0 radical (unpaired) electrons. The highest BCUT2D eigenvalue weighted by atomic mass is 35.5. The van der Waals surface area contributed by atoms with Crippen LogP contribution >= 0.6 is 11.6 Å². The lowest BCUT2D eigenvalue weighted by atomic mass is 10.00. The second kappa shape index (κ2) is 5.04. The molecule has 5 heteroatoms. The molecule has 0 saturated heterocycles. The van der Waals surface area contributed by atoms with E-state index < -0.39 is 11.6 Å². The Bertz CT molecular complexity index is 675. The van der Waals surface area contributed by atoms with Crippen molar-refractivity contribution in [1.29, 1.82) is 0 Å². The van der Waals surface area contributed by atoms with Gasteiger partial charge >= 0.3 is 0 Å². The summed E-state index contributed by atoms with van der Waals surface area (Å²) in [5.41, 5.74) is 7.07. The molecule has 0 spiro atoms. The van der Waals surface area contributed by atoms with Crippen LogP contribution in [-0.2, 0) is 6.42 Å². The van der Waals surface area contributed by atoms with Gasteiger partial charge in [-0.25, -0.2) is 8.78 Å². The van der Waals surface area contributed by atoms with E-state index in [2.05, 4.69) is 0 Å². The zero-order valence-corrected chi connectivity index (χ0v) is 11.3. The number of hydrogen-bond donors (Lipinski definition) is 1. The van der Waals surface area contributed by atoms with Gasteiger partial charge in [-0.15, -0.1) is 0 Å². The predicted molar refractivity (Wildman–Crippen MR) is 74.0 cm³/mol. The predicted octanol–water partition coefficient (Wildman–Crippen LogP) is 3.55. The Morgan fingerprint density at radius 1 is 1.20 bits per heavy atom. The van der Waals surface area contributed by atoms with Crippen molar-refractivity contribution in [2.45, 2.75) is 12.5 Å². The molecule has 0 amide bonds. The first-order valence-electron chi connectivity index (χ1n) is 6.23. The number of benzene rings is 2. The number of halogens is 3. The van der Waals surface area contributed by atoms with E-state index in [1.165, 1.54) is 0 Å². The normalized spacial score (nSPS) is 16.9. The van der Waals surface area contributed by atoms with Crippen LogP contribution in [0.5, 0.6) is 5.75 Å². The van der Waals surface area contributed by atoms with Crippen molar-refractivity contribution < 1.29 is 13.5 Å². The van der Waals surface area contributed by atoms with Crippen LogP contribution in [0.3, 0.4) is 0 Å². The van der Waals surface area contributed by atoms with E-state index in [4.69, 9.17) is 22.1 Å². The van der Waals surface area contributed by atoms with Gasteiger partial charge in [0, 0.05) is 29.1 Å². The summed E-state index contributed by atoms with van der Waals surface area (Å²) in [7, 11) is 0. The van der Waals surface area contributed by atoms with Gasteiger partial charge in [0.05, 0.1) is 0 Å². The molecule has 1 atom stereocenters. The van der Waals surface area contributed by atoms with Crippen LogP contribution in [0.1, 0.15) is 5.56 Å². The minimum absolute atomic E-state index is 0.140. The fraction of sp³-hybridized carbons (Fsp3) is 0.200. The molecule has 2 aromatic rings. The quantitative estimate of drug-likeness (QED) is 0.919. The maximum atomic E-state index is 13.9. The van der Waals surface area contributed by atoms with Crippen molar-refractivity contribution in [3.8, 4) is 16.9 Å². The van der Waals surface area contributed by atoms with Crippen LogP contribution in [0.4, 0.5) is 8.78 Å². The first-order valence-corrected chi connectivity index (χ1v) is 6.61. The topological polar surface area (TPSA) is 35.2 Å². The summed E-state index contributed by atoms with van der Waals surface area (Å²) in [6, 6.07) is 6.66. The Morgan fingerprint density at radius 2 is 2.00 bits per heavy atom. The first kappa shape index (κ1) is 13.3. The van der Waals surface area contributed by atoms with Crippen LogP contribution in [-0.4, -0.2) is 12.6 Å². The Morgan fingerprint density at radius 3 is 2.75 bits per heavy atom. The van der Waals surface area contributed by atoms with Crippen LogP contribution in [0.15, 0.2) is 30.3 Å².